The van der Waals surface area contributed by atoms with Gasteiger partial charge in [0.15, 0.2) is 5.16 Å². The molecule has 0 amide bonds. The molecular formula is C19H19FN2O2S. The summed E-state index contributed by atoms with van der Waals surface area (Å²) < 4.78 is 20.8. The molecule has 6 heteroatoms. The summed E-state index contributed by atoms with van der Waals surface area (Å²) in [6, 6.07) is 14.0. The zero-order chi connectivity index (χ0) is 17.6. The molecule has 1 unspecified atom stereocenters. The van der Waals surface area contributed by atoms with E-state index in [-0.39, 0.29) is 12.4 Å². The van der Waals surface area contributed by atoms with Gasteiger partial charge in [0.25, 0.3) is 0 Å². The van der Waals surface area contributed by atoms with Crippen LogP contribution in [-0.2, 0) is 0 Å². The van der Waals surface area contributed by atoms with E-state index in [1.54, 1.807) is 23.0 Å². The van der Waals surface area contributed by atoms with E-state index < -0.39 is 6.10 Å². The highest BCUT2D eigenvalue weighted by atomic mass is 32.2. The van der Waals surface area contributed by atoms with Crippen molar-refractivity contribution in [2.24, 2.45) is 0 Å². The first-order valence-electron chi connectivity index (χ1n) is 7.91. The summed E-state index contributed by atoms with van der Waals surface area (Å²) in [7, 11) is 0. The van der Waals surface area contributed by atoms with Gasteiger partial charge in [-0.1, -0.05) is 30.0 Å². The summed E-state index contributed by atoms with van der Waals surface area (Å²) in [6.07, 6.45) is 2.79. The summed E-state index contributed by atoms with van der Waals surface area (Å²) in [6.45, 7) is 2.20. The Bertz CT molecular complexity index is 838. The third-order valence-electron chi connectivity index (χ3n) is 3.53. The smallest absolute Gasteiger partial charge is 0.172 e. The normalized spacial score (nSPS) is 12.1. The lowest BCUT2D eigenvalue weighted by atomic mass is 10.2. The molecule has 1 atom stereocenters. The number of aliphatic hydroxyl groups excluding tert-OH is 1. The molecule has 25 heavy (non-hydrogen) atoms. The average molecular weight is 358 g/mol. The molecule has 1 N–H and O–H groups in total. The van der Waals surface area contributed by atoms with Gasteiger partial charge in [-0.25, -0.2) is 9.37 Å². The molecule has 130 valence electrons. The summed E-state index contributed by atoms with van der Waals surface area (Å²) in [5, 5.41) is 10.8. The van der Waals surface area contributed by atoms with Gasteiger partial charge in [-0.05, 0) is 42.8 Å². The van der Waals surface area contributed by atoms with Gasteiger partial charge in [0.05, 0.1) is 11.8 Å². The maximum Gasteiger partial charge on any atom is 0.172 e. The van der Waals surface area contributed by atoms with E-state index in [9.17, 15) is 9.50 Å². The molecule has 1 aromatic heterocycles. The monoisotopic (exact) mass is 358 g/mol. The van der Waals surface area contributed by atoms with Crippen LogP contribution in [0.1, 0.15) is 5.56 Å². The number of hydrogen-bond acceptors (Lipinski definition) is 4. The molecule has 2 aromatic carbocycles. The predicted molar refractivity (Wildman–Crippen MR) is 96.9 cm³/mol. The Morgan fingerprint density at radius 3 is 2.88 bits per heavy atom. The number of aryl methyl sites for hydroxylation is 1. The maximum atomic E-state index is 13.4. The van der Waals surface area contributed by atoms with Crippen LogP contribution in [0.5, 0.6) is 5.75 Å². The largest absolute Gasteiger partial charge is 0.491 e. The van der Waals surface area contributed by atoms with Crippen LogP contribution in [0.15, 0.2) is 66.1 Å². The molecule has 3 aromatic rings. The van der Waals surface area contributed by atoms with Gasteiger partial charge in [0.2, 0.25) is 0 Å². The predicted octanol–water partition coefficient (Wildman–Crippen LogP) is 3.85. The number of aliphatic hydroxyl groups is 1. The van der Waals surface area contributed by atoms with Crippen LogP contribution in [-0.4, -0.2) is 33.1 Å². The second kappa shape index (κ2) is 8.18. The number of halogens is 1. The number of imidazole rings is 1. The van der Waals surface area contributed by atoms with Crippen molar-refractivity contribution >= 4 is 11.8 Å². The highest BCUT2D eigenvalue weighted by Crippen LogP contribution is 2.22. The summed E-state index contributed by atoms with van der Waals surface area (Å²) >= 11 is 1.40. The number of thioether (sulfide) groups is 1. The van der Waals surface area contributed by atoms with E-state index in [4.69, 9.17) is 4.74 Å². The lowest BCUT2D eigenvalue weighted by Crippen LogP contribution is -2.20. The van der Waals surface area contributed by atoms with E-state index >= 15 is 0 Å². The molecule has 1 heterocycles. The van der Waals surface area contributed by atoms with Crippen molar-refractivity contribution in [3.05, 3.63) is 72.3 Å². The fourth-order valence-electron chi connectivity index (χ4n) is 2.34. The van der Waals surface area contributed by atoms with Gasteiger partial charge in [-0.15, -0.1) is 0 Å². The van der Waals surface area contributed by atoms with E-state index in [1.807, 2.05) is 37.3 Å². The second-order valence-electron chi connectivity index (χ2n) is 5.65. The van der Waals surface area contributed by atoms with Crippen molar-refractivity contribution < 1.29 is 14.2 Å². The average Bonchev–Trinajstić information content (AvgIpc) is 3.07. The van der Waals surface area contributed by atoms with E-state index in [1.165, 1.54) is 23.9 Å². The van der Waals surface area contributed by atoms with Crippen LogP contribution < -0.4 is 4.74 Å². The van der Waals surface area contributed by atoms with Crippen molar-refractivity contribution in [1.82, 2.24) is 9.55 Å². The van der Waals surface area contributed by atoms with Gasteiger partial charge < -0.3 is 9.84 Å². The molecule has 0 aliphatic heterocycles. The van der Waals surface area contributed by atoms with Crippen LogP contribution in [0.3, 0.4) is 0 Å². The Morgan fingerprint density at radius 2 is 2.08 bits per heavy atom. The highest BCUT2D eigenvalue weighted by Gasteiger charge is 2.11. The Balaban J connectivity index is 1.56. The summed E-state index contributed by atoms with van der Waals surface area (Å²) in [5.41, 5.74) is 1.81. The Hall–Kier alpha value is -2.31. The molecule has 0 aliphatic rings. The lowest BCUT2D eigenvalue weighted by Gasteiger charge is -2.13. The molecule has 0 radical (unpaired) electrons. The summed E-state index contributed by atoms with van der Waals surface area (Å²) in [5.74, 6) is 0.872. The van der Waals surface area contributed by atoms with E-state index in [0.717, 1.165) is 11.3 Å². The number of ether oxygens (including phenoxy) is 1. The van der Waals surface area contributed by atoms with Crippen LogP contribution >= 0.6 is 11.8 Å². The lowest BCUT2D eigenvalue weighted by molar-refractivity contribution is 0.126. The van der Waals surface area contributed by atoms with Crippen LogP contribution in [0.4, 0.5) is 4.39 Å². The topological polar surface area (TPSA) is 47.3 Å². The highest BCUT2D eigenvalue weighted by molar-refractivity contribution is 7.99. The van der Waals surface area contributed by atoms with Crippen molar-refractivity contribution in [3.8, 4) is 11.4 Å². The van der Waals surface area contributed by atoms with Gasteiger partial charge in [-0.2, -0.15) is 0 Å². The number of benzene rings is 2. The summed E-state index contributed by atoms with van der Waals surface area (Å²) in [4.78, 5) is 4.28. The Kier molecular flexibility index (Phi) is 5.73. The van der Waals surface area contributed by atoms with Crippen molar-refractivity contribution in [2.45, 2.75) is 18.2 Å². The number of aromatic nitrogens is 2. The minimum atomic E-state index is -0.636. The molecule has 0 saturated heterocycles. The number of hydrogen-bond donors (Lipinski definition) is 1. The minimum absolute atomic E-state index is 0.205. The zero-order valence-corrected chi connectivity index (χ0v) is 14.6. The molecule has 0 fully saturated rings. The molecule has 0 spiro atoms. The third-order valence-corrected chi connectivity index (χ3v) is 4.64. The van der Waals surface area contributed by atoms with Crippen molar-refractivity contribution in [3.63, 3.8) is 0 Å². The first kappa shape index (κ1) is 17.5. The zero-order valence-electron chi connectivity index (χ0n) is 13.8. The Labute approximate surface area is 150 Å². The van der Waals surface area contributed by atoms with Gasteiger partial charge in [-0.3, -0.25) is 4.57 Å². The van der Waals surface area contributed by atoms with Crippen LogP contribution in [0.25, 0.3) is 5.69 Å². The fourth-order valence-corrected chi connectivity index (χ4v) is 3.21. The van der Waals surface area contributed by atoms with Gasteiger partial charge in [0, 0.05) is 18.1 Å². The number of rotatable bonds is 7. The molecular weight excluding hydrogens is 339 g/mol. The minimum Gasteiger partial charge on any atom is -0.491 e. The fraction of sp³-hybridized carbons (Fsp3) is 0.211. The SMILES string of the molecule is Cc1cccc(OCC(O)CSc2nccn2-c2cccc(F)c2)c1. The van der Waals surface area contributed by atoms with Crippen molar-refractivity contribution in [1.29, 1.82) is 0 Å². The first-order chi connectivity index (χ1) is 12.1. The number of nitrogens with zero attached hydrogens (tertiary/aromatic N) is 2. The standard InChI is InChI=1S/C19H19FN2O2S/c1-14-4-2-7-18(10-14)24-12-17(23)13-25-19-21-8-9-22(19)16-6-3-5-15(20)11-16/h2-11,17,23H,12-13H2,1H3. The molecule has 0 bridgehead atoms. The quantitative estimate of drug-likeness (QED) is 0.652. The molecule has 4 nitrogen and oxygen atoms in total. The Morgan fingerprint density at radius 1 is 1.24 bits per heavy atom. The molecule has 0 aliphatic carbocycles. The van der Waals surface area contributed by atoms with E-state index in [2.05, 4.69) is 4.98 Å². The van der Waals surface area contributed by atoms with Gasteiger partial charge in [0.1, 0.15) is 18.2 Å². The van der Waals surface area contributed by atoms with Gasteiger partial charge >= 0.3 is 0 Å². The maximum absolute atomic E-state index is 13.4. The second-order valence-corrected chi connectivity index (χ2v) is 6.64. The first-order valence-corrected chi connectivity index (χ1v) is 8.90. The van der Waals surface area contributed by atoms with Crippen LogP contribution in [0, 0.1) is 12.7 Å². The molecule has 0 saturated carbocycles. The van der Waals surface area contributed by atoms with Crippen LogP contribution in [0.2, 0.25) is 0 Å². The van der Waals surface area contributed by atoms with E-state index in [0.29, 0.717) is 16.6 Å². The third kappa shape index (κ3) is 4.84. The molecule has 3 rings (SSSR count). The van der Waals surface area contributed by atoms with Crippen molar-refractivity contribution in [2.75, 3.05) is 12.4 Å².